The van der Waals surface area contributed by atoms with Crippen LogP contribution >= 0.6 is 15.9 Å². The van der Waals surface area contributed by atoms with E-state index in [4.69, 9.17) is 5.26 Å². The van der Waals surface area contributed by atoms with Crippen molar-refractivity contribution in [1.29, 1.82) is 5.26 Å². The number of nitrogens with zero attached hydrogens (tertiary/aromatic N) is 3. The maximum atomic E-state index is 12.3. The lowest BCUT2D eigenvalue weighted by atomic mass is 10.1. The van der Waals surface area contributed by atoms with Crippen LogP contribution in [-0.4, -0.2) is 22.8 Å². The van der Waals surface area contributed by atoms with Gasteiger partial charge in [-0.3, -0.25) is 4.79 Å². The molecule has 0 fully saturated rings. The number of benzene rings is 1. The third kappa shape index (κ3) is 3.22. The van der Waals surface area contributed by atoms with Crippen LogP contribution in [0.25, 0.3) is 0 Å². The van der Waals surface area contributed by atoms with Gasteiger partial charge in [-0.15, -0.1) is 0 Å². The molecule has 0 bridgehead atoms. The minimum atomic E-state index is -0.102. The summed E-state index contributed by atoms with van der Waals surface area (Å²) in [7, 11) is 1.74. The zero-order valence-corrected chi connectivity index (χ0v) is 12.5. The Bertz CT molecular complexity index is 662. The van der Waals surface area contributed by atoms with Gasteiger partial charge in [0.2, 0.25) is 0 Å². The van der Waals surface area contributed by atoms with E-state index in [1.54, 1.807) is 42.4 Å². The highest BCUT2D eigenvalue weighted by molar-refractivity contribution is 9.10. The molecule has 0 saturated carbocycles. The molecule has 0 atom stereocenters. The molecule has 0 N–H and O–H groups in total. The summed E-state index contributed by atoms with van der Waals surface area (Å²) in [5.41, 5.74) is 2.11. The summed E-state index contributed by atoms with van der Waals surface area (Å²) in [5.74, 6) is -0.102. The minimum absolute atomic E-state index is 0.102. The Morgan fingerprint density at radius 3 is 2.65 bits per heavy atom. The van der Waals surface area contributed by atoms with Crippen molar-refractivity contribution >= 4 is 21.8 Å². The number of aromatic nitrogens is 1. The lowest BCUT2D eigenvalue weighted by Crippen LogP contribution is -2.26. The third-order valence-corrected chi connectivity index (χ3v) is 3.47. The van der Waals surface area contributed by atoms with E-state index in [1.807, 2.05) is 12.1 Å². The Hall–Kier alpha value is -2.19. The molecule has 2 rings (SSSR count). The summed E-state index contributed by atoms with van der Waals surface area (Å²) < 4.78 is 0.539. The van der Waals surface area contributed by atoms with Gasteiger partial charge in [-0.05, 0) is 45.8 Å². The minimum Gasteiger partial charge on any atom is -0.337 e. The van der Waals surface area contributed by atoms with Crippen LogP contribution in [0.15, 0.2) is 47.2 Å². The zero-order valence-electron chi connectivity index (χ0n) is 10.9. The molecule has 20 heavy (non-hydrogen) atoms. The molecule has 0 aliphatic heterocycles. The SMILES string of the molecule is CN(Cc1ccc(C#N)cc1)C(=O)c1cccnc1Br. The highest BCUT2D eigenvalue weighted by atomic mass is 79.9. The molecule has 5 heteroatoms. The van der Waals surface area contributed by atoms with Gasteiger partial charge < -0.3 is 4.90 Å². The highest BCUT2D eigenvalue weighted by Gasteiger charge is 2.15. The fourth-order valence-electron chi connectivity index (χ4n) is 1.78. The predicted octanol–water partition coefficient (Wildman–Crippen LogP) is 2.99. The average molecular weight is 330 g/mol. The van der Waals surface area contributed by atoms with Crippen molar-refractivity contribution in [3.05, 3.63) is 63.9 Å². The number of amides is 1. The normalized spacial score (nSPS) is 9.85. The van der Waals surface area contributed by atoms with Gasteiger partial charge in [-0.25, -0.2) is 4.98 Å². The maximum absolute atomic E-state index is 12.3. The molecule has 1 heterocycles. The third-order valence-electron chi connectivity index (χ3n) is 2.84. The fraction of sp³-hybridized carbons (Fsp3) is 0.133. The van der Waals surface area contributed by atoms with E-state index in [-0.39, 0.29) is 5.91 Å². The van der Waals surface area contributed by atoms with E-state index < -0.39 is 0 Å². The molecule has 0 spiro atoms. The Labute approximate surface area is 125 Å². The molecule has 1 aromatic heterocycles. The molecule has 1 amide bonds. The molecule has 1 aromatic carbocycles. The number of carbonyl (C=O) groups is 1. The summed E-state index contributed by atoms with van der Waals surface area (Å²) in [4.78, 5) is 18.0. The largest absolute Gasteiger partial charge is 0.337 e. The summed E-state index contributed by atoms with van der Waals surface area (Å²) >= 11 is 3.27. The van der Waals surface area contributed by atoms with Gasteiger partial charge >= 0.3 is 0 Å². The van der Waals surface area contributed by atoms with Crippen molar-refractivity contribution in [3.8, 4) is 6.07 Å². The van der Waals surface area contributed by atoms with Gasteiger partial charge in [0, 0.05) is 19.8 Å². The van der Waals surface area contributed by atoms with E-state index in [1.165, 1.54) is 0 Å². The highest BCUT2D eigenvalue weighted by Crippen LogP contribution is 2.16. The van der Waals surface area contributed by atoms with Crippen LogP contribution in [0.2, 0.25) is 0 Å². The average Bonchev–Trinajstić information content (AvgIpc) is 2.48. The number of rotatable bonds is 3. The topological polar surface area (TPSA) is 57.0 Å². The van der Waals surface area contributed by atoms with Crippen LogP contribution in [0.4, 0.5) is 0 Å². The Balaban J connectivity index is 2.11. The second-order valence-corrected chi connectivity index (χ2v) is 5.06. The van der Waals surface area contributed by atoms with Crippen LogP contribution in [0.3, 0.4) is 0 Å². The van der Waals surface area contributed by atoms with Gasteiger partial charge in [0.25, 0.3) is 5.91 Å². The second-order valence-electron chi connectivity index (χ2n) is 4.31. The van der Waals surface area contributed by atoms with E-state index in [2.05, 4.69) is 27.0 Å². The van der Waals surface area contributed by atoms with Gasteiger partial charge in [-0.1, -0.05) is 12.1 Å². The number of pyridine rings is 1. The first-order valence-electron chi connectivity index (χ1n) is 5.97. The van der Waals surface area contributed by atoms with E-state index in [0.29, 0.717) is 22.3 Å². The quantitative estimate of drug-likeness (QED) is 0.813. The molecule has 2 aromatic rings. The molecule has 4 nitrogen and oxygen atoms in total. The summed E-state index contributed by atoms with van der Waals surface area (Å²) in [5, 5.41) is 8.75. The molecule has 0 unspecified atom stereocenters. The summed E-state index contributed by atoms with van der Waals surface area (Å²) in [6, 6.07) is 12.7. The maximum Gasteiger partial charge on any atom is 0.256 e. The van der Waals surface area contributed by atoms with Crippen molar-refractivity contribution in [1.82, 2.24) is 9.88 Å². The number of hydrogen-bond acceptors (Lipinski definition) is 3. The van der Waals surface area contributed by atoms with Crippen molar-refractivity contribution < 1.29 is 4.79 Å². The first-order chi connectivity index (χ1) is 9.61. The Kier molecular flexibility index (Phi) is 4.49. The van der Waals surface area contributed by atoms with E-state index >= 15 is 0 Å². The monoisotopic (exact) mass is 329 g/mol. The summed E-state index contributed by atoms with van der Waals surface area (Å²) in [6.45, 7) is 0.478. The van der Waals surface area contributed by atoms with Crippen molar-refractivity contribution in [2.45, 2.75) is 6.54 Å². The predicted molar refractivity (Wildman–Crippen MR) is 78.9 cm³/mol. The first-order valence-corrected chi connectivity index (χ1v) is 6.76. The molecular formula is C15H12BrN3O. The smallest absolute Gasteiger partial charge is 0.256 e. The van der Waals surface area contributed by atoms with Crippen molar-refractivity contribution in [2.24, 2.45) is 0 Å². The van der Waals surface area contributed by atoms with Gasteiger partial charge in [0.15, 0.2) is 0 Å². The fourth-order valence-corrected chi connectivity index (χ4v) is 2.20. The van der Waals surface area contributed by atoms with Crippen LogP contribution in [0, 0.1) is 11.3 Å². The molecule has 100 valence electrons. The number of halogens is 1. The lowest BCUT2D eigenvalue weighted by Gasteiger charge is -2.17. The van der Waals surface area contributed by atoms with Gasteiger partial charge in [-0.2, -0.15) is 5.26 Å². The lowest BCUT2D eigenvalue weighted by molar-refractivity contribution is 0.0783. The zero-order chi connectivity index (χ0) is 14.5. The van der Waals surface area contributed by atoms with Crippen LogP contribution in [-0.2, 0) is 6.54 Å². The first kappa shape index (κ1) is 14.2. The van der Waals surface area contributed by atoms with Crippen molar-refractivity contribution in [2.75, 3.05) is 7.05 Å². The molecule has 0 radical (unpaired) electrons. The number of nitriles is 1. The Morgan fingerprint density at radius 2 is 2.05 bits per heavy atom. The number of hydrogen-bond donors (Lipinski definition) is 0. The van der Waals surface area contributed by atoms with Crippen LogP contribution in [0.1, 0.15) is 21.5 Å². The van der Waals surface area contributed by atoms with Crippen LogP contribution < -0.4 is 0 Å². The molecule has 0 aliphatic carbocycles. The molecule has 0 saturated heterocycles. The van der Waals surface area contributed by atoms with Gasteiger partial charge in [0.05, 0.1) is 17.2 Å². The molecule has 0 aliphatic rings. The van der Waals surface area contributed by atoms with Crippen LogP contribution in [0.5, 0.6) is 0 Å². The van der Waals surface area contributed by atoms with E-state index in [9.17, 15) is 4.79 Å². The second kappa shape index (κ2) is 6.31. The van der Waals surface area contributed by atoms with Gasteiger partial charge in [0.1, 0.15) is 4.60 Å². The molecular weight excluding hydrogens is 318 g/mol. The Morgan fingerprint density at radius 1 is 1.35 bits per heavy atom. The standard InChI is InChI=1S/C15H12BrN3O/c1-19(10-12-6-4-11(9-17)5-7-12)15(20)13-3-2-8-18-14(13)16/h2-8H,10H2,1H3. The van der Waals surface area contributed by atoms with Crippen molar-refractivity contribution in [3.63, 3.8) is 0 Å². The van der Waals surface area contributed by atoms with E-state index in [0.717, 1.165) is 5.56 Å². The number of carbonyl (C=O) groups excluding carboxylic acids is 1. The summed E-state index contributed by atoms with van der Waals surface area (Å²) in [6.07, 6.45) is 1.63.